The number of carbonyl (C=O) groups is 1. The number of nitrogens with one attached hydrogen (secondary N) is 1. The van der Waals surface area contributed by atoms with Gasteiger partial charge in [-0.05, 0) is 48.6 Å². The number of ether oxygens (including phenoxy) is 1. The van der Waals surface area contributed by atoms with E-state index in [1.54, 1.807) is 7.11 Å². The highest BCUT2D eigenvalue weighted by molar-refractivity contribution is 7.12. The van der Waals surface area contributed by atoms with Gasteiger partial charge in [-0.3, -0.25) is 4.79 Å². The Hall–Kier alpha value is -2.01. The maximum absolute atomic E-state index is 12.4. The molecule has 1 atom stereocenters. The maximum atomic E-state index is 12.4. The van der Waals surface area contributed by atoms with Crippen LogP contribution in [0.3, 0.4) is 0 Å². The molecule has 1 aliphatic rings. The number of methoxy groups -OCH3 is 1. The summed E-state index contributed by atoms with van der Waals surface area (Å²) < 4.78 is 5.17. The van der Waals surface area contributed by atoms with Crippen molar-refractivity contribution in [3.8, 4) is 5.75 Å². The SMILES string of the molecule is COc1ccc(N[C@H]2CCCN(C(=O)c3cccs3)C2)cc1. The number of benzene rings is 1. The normalized spacial score (nSPS) is 18.0. The first-order chi connectivity index (χ1) is 10.8. The molecule has 2 aromatic rings. The molecule has 0 spiro atoms. The largest absolute Gasteiger partial charge is 0.497 e. The Morgan fingerprint density at radius 3 is 2.82 bits per heavy atom. The number of piperidine rings is 1. The lowest BCUT2D eigenvalue weighted by Gasteiger charge is -2.33. The number of likely N-dealkylation sites (tertiary alicyclic amines) is 1. The van der Waals surface area contributed by atoms with Crippen LogP contribution in [0.4, 0.5) is 5.69 Å². The topological polar surface area (TPSA) is 41.6 Å². The Morgan fingerprint density at radius 2 is 2.14 bits per heavy atom. The highest BCUT2D eigenvalue weighted by atomic mass is 32.1. The van der Waals surface area contributed by atoms with Crippen molar-refractivity contribution in [2.75, 3.05) is 25.5 Å². The average Bonchev–Trinajstić information content (AvgIpc) is 3.09. The van der Waals surface area contributed by atoms with Gasteiger partial charge >= 0.3 is 0 Å². The number of amides is 1. The molecule has 0 unspecified atom stereocenters. The summed E-state index contributed by atoms with van der Waals surface area (Å²) in [6.07, 6.45) is 2.12. The lowest BCUT2D eigenvalue weighted by Crippen LogP contribution is -2.44. The first-order valence-corrected chi connectivity index (χ1v) is 8.37. The van der Waals surface area contributed by atoms with Crippen LogP contribution in [0.1, 0.15) is 22.5 Å². The van der Waals surface area contributed by atoms with Crippen LogP contribution in [0.5, 0.6) is 5.75 Å². The van der Waals surface area contributed by atoms with Crippen LogP contribution in [0.2, 0.25) is 0 Å². The summed E-state index contributed by atoms with van der Waals surface area (Å²) in [4.78, 5) is 15.2. The molecule has 1 aromatic heterocycles. The van der Waals surface area contributed by atoms with Crippen LogP contribution in [-0.2, 0) is 0 Å². The van der Waals surface area contributed by atoms with Crippen molar-refractivity contribution in [2.24, 2.45) is 0 Å². The second-order valence-corrected chi connectivity index (χ2v) is 6.39. The lowest BCUT2D eigenvalue weighted by atomic mass is 10.0. The van der Waals surface area contributed by atoms with Crippen molar-refractivity contribution in [1.82, 2.24) is 4.90 Å². The van der Waals surface area contributed by atoms with Crippen LogP contribution in [0.25, 0.3) is 0 Å². The molecule has 0 aliphatic carbocycles. The molecular weight excluding hydrogens is 296 g/mol. The van der Waals surface area contributed by atoms with Crippen molar-refractivity contribution < 1.29 is 9.53 Å². The molecule has 1 N–H and O–H groups in total. The standard InChI is InChI=1S/C17H20N2O2S/c1-21-15-8-6-13(7-9-15)18-14-4-2-10-19(12-14)17(20)16-5-3-11-22-16/h3,5-9,11,14,18H,2,4,10,12H2,1H3/t14-/m0/s1. The van der Waals surface area contributed by atoms with Gasteiger partial charge in [0.25, 0.3) is 5.91 Å². The molecule has 1 aliphatic heterocycles. The number of hydrogen-bond donors (Lipinski definition) is 1. The zero-order chi connectivity index (χ0) is 15.4. The van der Waals surface area contributed by atoms with Gasteiger partial charge in [-0.15, -0.1) is 11.3 Å². The molecule has 4 nitrogen and oxygen atoms in total. The number of nitrogens with zero attached hydrogens (tertiary/aromatic N) is 1. The number of hydrogen-bond acceptors (Lipinski definition) is 4. The summed E-state index contributed by atoms with van der Waals surface area (Å²) in [5, 5.41) is 5.46. The summed E-state index contributed by atoms with van der Waals surface area (Å²) in [5.74, 6) is 1.000. The maximum Gasteiger partial charge on any atom is 0.263 e. The molecule has 116 valence electrons. The van der Waals surface area contributed by atoms with E-state index in [1.807, 2.05) is 46.7 Å². The van der Waals surface area contributed by atoms with E-state index >= 15 is 0 Å². The number of carbonyl (C=O) groups excluding carboxylic acids is 1. The first kappa shape index (κ1) is 14.9. The van der Waals surface area contributed by atoms with Gasteiger partial charge in [-0.1, -0.05) is 6.07 Å². The smallest absolute Gasteiger partial charge is 0.263 e. The molecule has 0 saturated carbocycles. The molecule has 1 saturated heterocycles. The summed E-state index contributed by atoms with van der Waals surface area (Å²) >= 11 is 1.51. The monoisotopic (exact) mass is 316 g/mol. The highest BCUT2D eigenvalue weighted by Crippen LogP contribution is 2.21. The predicted molar refractivity (Wildman–Crippen MR) is 89.9 cm³/mol. The van der Waals surface area contributed by atoms with Gasteiger partial charge in [0, 0.05) is 24.8 Å². The Kier molecular flexibility index (Phi) is 4.63. The fourth-order valence-electron chi connectivity index (χ4n) is 2.76. The van der Waals surface area contributed by atoms with Gasteiger partial charge in [0.1, 0.15) is 5.75 Å². The molecule has 2 heterocycles. The third-order valence-electron chi connectivity index (χ3n) is 3.90. The van der Waals surface area contributed by atoms with E-state index in [1.165, 1.54) is 11.3 Å². The summed E-state index contributed by atoms with van der Waals surface area (Å²) in [6.45, 7) is 1.60. The van der Waals surface area contributed by atoms with Gasteiger partial charge in [0.05, 0.1) is 12.0 Å². The summed E-state index contributed by atoms with van der Waals surface area (Å²) in [7, 11) is 1.66. The number of thiophene rings is 1. The van der Waals surface area contributed by atoms with Crippen LogP contribution in [0.15, 0.2) is 41.8 Å². The van der Waals surface area contributed by atoms with E-state index in [0.717, 1.165) is 42.2 Å². The van der Waals surface area contributed by atoms with Crippen LogP contribution in [0, 0.1) is 0 Å². The zero-order valence-corrected chi connectivity index (χ0v) is 13.4. The van der Waals surface area contributed by atoms with E-state index in [2.05, 4.69) is 5.32 Å². The van der Waals surface area contributed by atoms with Crippen LogP contribution in [-0.4, -0.2) is 37.0 Å². The van der Waals surface area contributed by atoms with Gasteiger partial charge < -0.3 is 15.0 Å². The molecule has 3 rings (SSSR count). The minimum Gasteiger partial charge on any atom is -0.497 e. The Balaban J connectivity index is 1.61. The third kappa shape index (κ3) is 3.42. The number of rotatable bonds is 4. The van der Waals surface area contributed by atoms with E-state index < -0.39 is 0 Å². The first-order valence-electron chi connectivity index (χ1n) is 7.49. The van der Waals surface area contributed by atoms with Gasteiger partial charge in [-0.2, -0.15) is 0 Å². The highest BCUT2D eigenvalue weighted by Gasteiger charge is 2.24. The molecule has 1 fully saturated rings. The Bertz CT molecular complexity index is 610. The predicted octanol–water partition coefficient (Wildman–Crippen LogP) is 3.47. The molecule has 0 bridgehead atoms. The quantitative estimate of drug-likeness (QED) is 0.939. The van der Waals surface area contributed by atoms with Crippen LogP contribution < -0.4 is 10.1 Å². The van der Waals surface area contributed by atoms with E-state index in [-0.39, 0.29) is 5.91 Å². The molecule has 1 amide bonds. The molecular formula is C17H20N2O2S. The molecule has 1 aromatic carbocycles. The molecule has 5 heteroatoms. The minimum atomic E-state index is 0.149. The molecule has 0 radical (unpaired) electrons. The van der Waals surface area contributed by atoms with E-state index in [9.17, 15) is 4.79 Å². The fraction of sp³-hybridized carbons (Fsp3) is 0.353. The summed E-state index contributed by atoms with van der Waals surface area (Å²) in [5.41, 5.74) is 1.07. The minimum absolute atomic E-state index is 0.149. The van der Waals surface area contributed by atoms with Crippen molar-refractivity contribution in [3.63, 3.8) is 0 Å². The van der Waals surface area contributed by atoms with Crippen molar-refractivity contribution in [3.05, 3.63) is 46.7 Å². The van der Waals surface area contributed by atoms with Gasteiger partial charge in [-0.25, -0.2) is 0 Å². The van der Waals surface area contributed by atoms with E-state index in [0.29, 0.717) is 6.04 Å². The van der Waals surface area contributed by atoms with E-state index in [4.69, 9.17) is 4.74 Å². The van der Waals surface area contributed by atoms with Gasteiger partial charge in [0.2, 0.25) is 0 Å². The lowest BCUT2D eigenvalue weighted by molar-refractivity contribution is 0.0720. The third-order valence-corrected chi connectivity index (χ3v) is 4.76. The van der Waals surface area contributed by atoms with Gasteiger partial charge in [0.15, 0.2) is 0 Å². The average molecular weight is 316 g/mol. The van der Waals surface area contributed by atoms with Crippen molar-refractivity contribution in [2.45, 2.75) is 18.9 Å². The zero-order valence-electron chi connectivity index (χ0n) is 12.6. The molecule has 22 heavy (non-hydrogen) atoms. The fourth-order valence-corrected chi connectivity index (χ4v) is 3.45. The van der Waals surface area contributed by atoms with Crippen LogP contribution >= 0.6 is 11.3 Å². The number of anilines is 1. The Morgan fingerprint density at radius 1 is 1.32 bits per heavy atom. The van der Waals surface area contributed by atoms with Crippen molar-refractivity contribution >= 4 is 22.9 Å². The summed E-state index contributed by atoms with van der Waals surface area (Å²) in [6, 6.07) is 12.0. The second-order valence-electron chi connectivity index (χ2n) is 5.44. The van der Waals surface area contributed by atoms with Crippen molar-refractivity contribution in [1.29, 1.82) is 0 Å². The second kappa shape index (κ2) is 6.83. The Labute approximate surface area is 134 Å².